The third-order valence-corrected chi connectivity index (χ3v) is 2.67. The standard InChI is InChI=1S/C12H12Cl2N2/c13-11-6-10(7-12(14)8-11)9-16-5-3-1-2-4-15-16/h3-8H,1-2,9H2. The van der Waals surface area contributed by atoms with Crippen LogP contribution in [0.15, 0.2) is 35.6 Å². The molecule has 4 heteroatoms. The highest BCUT2D eigenvalue weighted by atomic mass is 35.5. The van der Waals surface area contributed by atoms with Crippen molar-refractivity contribution >= 4 is 29.4 Å². The fourth-order valence-electron chi connectivity index (χ4n) is 1.55. The van der Waals surface area contributed by atoms with Crippen LogP contribution < -0.4 is 0 Å². The number of nitrogens with zero attached hydrogens (tertiary/aromatic N) is 2. The first-order valence-electron chi connectivity index (χ1n) is 5.15. The van der Waals surface area contributed by atoms with Crippen LogP contribution in [0.1, 0.15) is 18.4 Å². The second-order valence-electron chi connectivity index (χ2n) is 3.64. The molecule has 0 amide bonds. The van der Waals surface area contributed by atoms with E-state index in [1.807, 2.05) is 29.6 Å². The zero-order valence-corrected chi connectivity index (χ0v) is 10.2. The maximum atomic E-state index is 5.94. The Morgan fingerprint density at radius 1 is 1.12 bits per heavy atom. The second-order valence-corrected chi connectivity index (χ2v) is 4.51. The summed E-state index contributed by atoms with van der Waals surface area (Å²) in [5.41, 5.74) is 1.06. The van der Waals surface area contributed by atoms with Crippen molar-refractivity contribution < 1.29 is 0 Å². The average Bonchev–Trinajstić information content (AvgIpc) is 2.44. The SMILES string of the molecule is Clc1cc(Cl)cc(CN2C=CCCC=N2)c1. The zero-order chi connectivity index (χ0) is 11.4. The Labute approximate surface area is 105 Å². The molecule has 0 fully saturated rings. The molecule has 0 unspecified atom stereocenters. The molecule has 1 heterocycles. The molecule has 2 rings (SSSR count). The van der Waals surface area contributed by atoms with E-state index >= 15 is 0 Å². The third-order valence-electron chi connectivity index (χ3n) is 2.24. The maximum absolute atomic E-state index is 5.94. The minimum absolute atomic E-state index is 0.658. The molecule has 0 aromatic heterocycles. The average molecular weight is 255 g/mol. The lowest BCUT2D eigenvalue weighted by atomic mass is 10.2. The van der Waals surface area contributed by atoms with Crippen molar-refractivity contribution in [2.75, 3.05) is 0 Å². The van der Waals surface area contributed by atoms with E-state index in [0.29, 0.717) is 16.6 Å². The van der Waals surface area contributed by atoms with Crippen LogP contribution in [-0.4, -0.2) is 11.2 Å². The Morgan fingerprint density at radius 2 is 1.88 bits per heavy atom. The van der Waals surface area contributed by atoms with Gasteiger partial charge >= 0.3 is 0 Å². The topological polar surface area (TPSA) is 15.6 Å². The maximum Gasteiger partial charge on any atom is 0.0660 e. The molecule has 1 aliphatic heterocycles. The Morgan fingerprint density at radius 3 is 2.62 bits per heavy atom. The number of hydrogen-bond acceptors (Lipinski definition) is 2. The van der Waals surface area contributed by atoms with Crippen LogP contribution in [-0.2, 0) is 6.54 Å². The number of halogens is 2. The van der Waals surface area contributed by atoms with Gasteiger partial charge in [-0.3, -0.25) is 5.01 Å². The van der Waals surface area contributed by atoms with Gasteiger partial charge in [-0.25, -0.2) is 0 Å². The first-order valence-corrected chi connectivity index (χ1v) is 5.90. The first-order chi connectivity index (χ1) is 7.74. The van der Waals surface area contributed by atoms with Crippen molar-refractivity contribution in [1.82, 2.24) is 5.01 Å². The van der Waals surface area contributed by atoms with Crippen LogP contribution in [0.5, 0.6) is 0 Å². The van der Waals surface area contributed by atoms with Crippen molar-refractivity contribution in [1.29, 1.82) is 0 Å². The van der Waals surface area contributed by atoms with Gasteiger partial charge in [-0.2, -0.15) is 5.10 Å². The molecule has 1 aromatic carbocycles. The van der Waals surface area contributed by atoms with Crippen LogP contribution >= 0.6 is 23.2 Å². The quantitative estimate of drug-likeness (QED) is 0.777. The lowest BCUT2D eigenvalue weighted by molar-refractivity contribution is 0.395. The Bertz CT molecular complexity index is 393. The van der Waals surface area contributed by atoms with E-state index in [1.165, 1.54) is 0 Å². The summed E-state index contributed by atoms with van der Waals surface area (Å²) in [4.78, 5) is 0. The summed E-state index contributed by atoms with van der Waals surface area (Å²) in [7, 11) is 0. The number of benzene rings is 1. The Kier molecular flexibility index (Phi) is 3.86. The Balaban J connectivity index is 2.13. The fourth-order valence-corrected chi connectivity index (χ4v) is 2.12. The van der Waals surface area contributed by atoms with Crippen molar-refractivity contribution in [3.05, 3.63) is 46.1 Å². The molecule has 0 saturated heterocycles. The Hall–Kier alpha value is -0.990. The van der Waals surface area contributed by atoms with Gasteiger partial charge < -0.3 is 0 Å². The molecule has 0 N–H and O–H groups in total. The molecular formula is C12H12Cl2N2. The van der Waals surface area contributed by atoms with Gasteiger partial charge in [0.2, 0.25) is 0 Å². The van der Waals surface area contributed by atoms with E-state index in [9.17, 15) is 0 Å². The molecular weight excluding hydrogens is 243 g/mol. The van der Waals surface area contributed by atoms with Gasteiger partial charge in [0.15, 0.2) is 0 Å². The molecule has 0 bridgehead atoms. The highest BCUT2D eigenvalue weighted by Crippen LogP contribution is 2.20. The molecule has 16 heavy (non-hydrogen) atoms. The van der Waals surface area contributed by atoms with E-state index in [0.717, 1.165) is 18.4 Å². The van der Waals surface area contributed by atoms with Crippen LogP contribution in [0, 0.1) is 0 Å². The van der Waals surface area contributed by atoms with E-state index in [1.54, 1.807) is 6.07 Å². The van der Waals surface area contributed by atoms with Crippen LogP contribution in [0.2, 0.25) is 10.0 Å². The van der Waals surface area contributed by atoms with Crippen molar-refractivity contribution in [3.63, 3.8) is 0 Å². The molecule has 1 aliphatic rings. The monoisotopic (exact) mass is 254 g/mol. The normalized spacial score (nSPS) is 15.2. The predicted molar refractivity (Wildman–Crippen MR) is 68.9 cm³/mol. The summed E-state index contributed by atoms with van der Waals surface area (Å²) in [6, 6.07) is 5.54. The van der Waals surface area contributed by atoms with Crippen LogP contribution in [0.3, 0.4) is 0 Å². The summed E-state index contributed by atoms with van der Waals surface area (Å²) in [5.74, 6) is 0. The minimum Gasteiger partial charge on any atom is -0.269 e. The highest BCUT2D eigenvalue weighted by molar-refractivity contribution is 6.34. The predicted octanol–water partition coefficient (Wildman–Crippen LogP) is 4.09. The van der Waals surface area contributed by atoms with Crippen molar-refractivity contribution in [2.45, 2.75) is 19.4 Å². The number of rotatable bonds is 2. The molecule has 0 saturated carbocycles. The first kappa shape index (κ1) is 11.5. The van der Waals surface area contributed by atoms with Gasteiger partial charge in [0, 0.05) is 22.5 Å². The van der Waals surface area contributed by atoms with Gasteiger partial charge in [-0.05, 0) is 36.6 Å². The summed E-state index contributed by atoms with van der Waals surface area (Å²) in [6.07, 6.45) is 8.04. The number of hydrazone groups is 1. The van der Waals surface area contributed by atoms with E-state index < -0.39 is 0 Å². The number of allylic oxidation sites excluding steroid dienone is 1. The van der Waals surface area contributed by atoms with Gasteiger partial charge in [0.05, 0.1) is 6.54 Å². The van der Waals surface area contributed by atoms with E-state index in [4.69, 9.17) is 23.2 Å². The summed E-state index contributed by atoms with van der Waals surface area (Å²) in [5, 5.41) is 7.51. The lowest BCUT2D eigenvalue weighted by Gasteiger charge is -2.13. The molecule has 0 aliphatic carbocycles. The smallest absolute Gasteiger partial charge is 0.0660 e. The largest absolute Gasteiger partial charge is 0.269 e. The summed E-state index contributed by atoms with van der Waals surface area (Å²) in [6.45, 7) is 0.688. The van der Waals surface area contributed by atoms with E-state index in [-0.39, 0.29) is 0 Å². The molecule has 0 radical (unpaired) electrons. The molecule has 0 atom stereocenters. The van der Waals surface area contributed by atoms with Crippen molar-refractivity contribution in [2.24, 2.45) is 5.10 Å². The highest BCUT2D eigenvalue weighted by Gasteiger charge is 2.03. The van der Waals surface area contributed by atoms with Gasteiger partial charge in [-0.1, -0.05) is 29.3 Å². The van der Waals surface area contributed by atoms with Crippen LogP contribution in [0.4, 0.5) is 0 Å². The number of hydrogen-bond donors (Lipinski definition) is 0. The molecule has 2 nitrogen and oxygen atoms in total. The minimum atomic E-state index is 0.658. The fraction of sp³-hybridized carbons (Fsp3) is 0.250. The van der Waals surface area contributed by atoms with Gasteiger partial charge in [0.1, 0.15) is 0 Å². The molecule has 0 spiro atoms. The summed E-state index contributed by atoms with van der Waals surface area (Å²) < 4.78 is 0. The third kappa shape index (κ3) is 3.26. The van der Waals surface area contributed by atoms with Gasteiger partial charge in [0.25, 0.3) is 0 Å². The van der Waals surface area contributed by atoms with Crippen LogP contribution in [0.25, 0.3) is 0 Å². The summed E-state index contributed by atoms with van der Waals surface area (Å²) >= 11 is 11.9. The zero-order valence-electron chi connectivity index (χ0n) is 8.74. The van der Waals surface area contributed by atoms with Gasteiger partial charge in [-0.15, -0.1) is 0 Å². The van der Waals surface area contributed by atoms with E-state index in [2.05, 4.69) is 11.2 Å². The molecule has 1 aromatic rings. The second kappa shape index (κ2) is 5.37. The van der Waals surface area contributed by atoms with Crippen molar-refractivity contribution in [3.8, 4) is 0 Å². The molecule has 84 valence electrons. The lowest BCUT2D eigenvalue weighted by Crippen LogP contribution is -2.08.